The van der Waals surface area contributed by atoms with Crippen molar-refractivity contribution in [2.45, 2.75) is 6.61 Å². The highest BCUT2D eigenvalue weighted by atomic mass is 79.9. The van der Waals surface area contributed by atoms with Crippen molar-refractivity contribution in [3.05, 3.63) is 56.8 Å². The van der Waals surface area contributed by atoms with Crippen molar-refractivity contribution in [2.24, 2.45) is 5.73 Å². The van der Waals surface area contributed by atoms with Crippen molar-refractivity contribution >= 4 is 50.8 Å². The van der Waals surface area contributed by atoms with E-state index in [0.717, 1.165) is 0 Å². The van der Waals surface area contributed by atoms with Gasteiger partial charge in [0.2, 0.25) is 0 Å². The minimum absolute atomic E-state index is 0.112. The van der Waals surface area contributed by atoms with E-state index in [1.165, 1.54) is 31.4 Å². The third-order valence-corrected chi connectivity index (χ3v) is 4.20. The third-order valence-electron chi connectivity index (χ3n) is 3.15. The minimum atomic E-state index is -0.491. The van der Waals surface area contributed by atoms with Crippen molar-refractivity contribution in [1.82, 2.24) is 5.32 Å². The van der Waals surface area contributed by atoms with Crippen LogP contribution in [-0.4, -0.2) is 18.1 Å². The Hall–Kier alpha value is -1.90. The molecular weight excluding hydrogens is 435 g/mol. The van der Waals surface area contributed by atoms with E-state index in [9.17, 15) is 9.18 Å². The molecule has 0 heterocycles. The monoisotopic (exact) mass is 446 g/mol. The number of ether oxygens (including phenoxy) is 2. The first-order chi connectivity index (χ1) is 11.8. The molecule has 9 heteroatoms. The Morgan fingerprint density at radius 3 is 2.76 bits per heavy atom. The molecule has 0 aliphatic rings. The molecule has 0 saturated heterocycles. The first-order valence-corrected chi connectivity index (χ1v) is 8.45. The SMILES string of the molecule is COc1cc(C(=O)NC(N)=S)cc(Br)c1OCc1c(F)cccc1Cl. The molecule has 0 aliphatic heterocycles. The molecule has 2 aromatic rings. The van der Waals surface area contributed by atoms with Crippen LogP contribution >= 0.6 is 39.7 Å². The van der Waals surface area contributed by atoms with Gasteiger partial charge in [-0.05, 0) is 52.4 Å². The van der Waals surface area contributed by atoms with E-state index in [0.29, 0.717) is 10.2 Å². The summed E-state index contributed by atoms with van der Waals surface area (Å²) < 4.78 is 25.2. The van der Waals surface area contributed by atoms with Crippen LogP contribution in [0.3, 0.4) is 0 Å². The molecule has 0 saturated carbocycles. The highest BCUT2D eigenvalue weighted by Gasteiger charge is 2.17. The lowest BCUT2D eigenvalue weighted by Crippen LogP contribution is -2.34. The summed E-state index contributed by atoms with van der Waals surface area (Å²) in [5, 5.41) is 2.42. The van der Waals surface area contributed by atoms with Crippen LogP contribution in [0, 0.1) is 5.82 Å². The number of methoxy groups -OCH3 is 1. The molecule has 0 unspecified atom stereocenters. The summed E-state index contributed by atoms with van der Waals surface area (Å²) in [5.41, 5.74) is 5.77. The van der Waals surface area contributed by atoms with Crippen molar-refractivity contribution in [2.75, 3.05) is 7.11 Å². The summed E-state index contributed by atoms with van der Waals surface area (Å²) in [4.78, 5) is 12.0. The Kier molecular flexibility index (Phi) is 6.57. The fraction of sp³-hybridized carbons (Fsp3) is 0.125. The van der Waals surface area contributed by atoms with Gasteiger partial charge in [0.05, 0.1) is 16.6 Å². The lowest BCUT2D eigenvalue weighted by molar-refractivity contribution is 0.0977. The first-order valence-electron chi connectivity index (χ1n) is 6.87. The first kappa shape index (κ1) is 19.4. The summed E-state index contributed by atoms with van der Waals surface area (Å²) in [7, 11) is 1.42. The number of thiocarbonyl (C=S) groups is 1. The molecule has 0 aliphatic carbocycles. The number of hydrogen-bond acceptors (Lipinski definition) is 4. The van der Waals surface area contributed by atoms with Gasteiger partial charge < -0.3 is 15.2 Å². The number of hydrogen-bond donors (Lipinski definition) is 2. The van der Waals surface area contributed by atoms with Crippen LogP contribution in [0.1, 0.15) is 15.9 Å². The smallest absolute Gasteiger partial charge is 0.257 e. The van der Waals surface area contributed by atoms with Crippen LogP contribution in [-0.2, 0) is 6.61 Å². The predicted molar refractivity (Wildman–Crippen MR) is 101 cm³/mol. The largest absolute Gasteiger partial charge is 0.493 e. The van der Waals surface area contributed by atoms with Gasteiger partial charge in [0, 0.05) is 11.1 Å². The quantitative estimate of drug-likeness (QED) is 0.682. The number of carbonyl (C=O) groups excluding carboxylic acids is 1. The summed E-state index contributed by atoms with van der Waals surface area (Å²) in [6.45, 7) is -0.112. The Balaban J connectivity index is 2.29. The predicted octanol–water partition coefficient (Wildman–Crippen LogP) is 3.80. The summed E-state index contributed by atoms with van der Waals surface area (Å²) >= 11 is 13.9. The van der Waals surface area contributed by atoms with E-state index in [1.54, 1.807) is 6.07 Å². The highest BCUT2D eigenvalue weighted by Crippen LogP contribution is 2.37. The molecule has 0 aromatic heterocycles. The van der Waals surface area contributed by atoms with E-state index < -0.39 is 11.7 Å². The zero-order valence-electron chi connectivity index (χ0n) is 12.9. The standard InChI is InChI=1S/C16H13BrClFN2O3S/c1-23-13-6-8(15(22)21-16(20)25)5-10(17)14(13)24-7-9-11(18)3-2-4-12(9)19/h2-6H,7H2,1H3,(H3,20,21,22,25). The Labute approximate surface area is 162 Å². The van der Waals surface area contributed by atoms with Gasteiger partial charge in [0.1, 0.15) is 12.4 Å². The van der Waals surface area contributed by atoms with Gasteiger partial charge >= 0.3 is 0 Å². The molecule has 0 bridgehead atoms. The molecule has 3 N–H and O–H groups in total. The Morgan fingerprint density at radius 2 is 2.16 bits per heavy atom. The van der Waals surface area contributed by atoms with Gasteiger partial charge in [-0.2, -0.15) is 0 Å². The van der Waals surface area contributed by atoms with E-state index in [1.807, 2.05) is 0 Å². The molecule has 132 valence electrons. The number of nitrogens with one attached hydrogen (secondary N) is 1. The van der Waals surface area contributed by atoms with Gasteiger partial charge in [-0.1, -0.05) is 17.7 Å². The average Bonchev–Trinajstić information content (AvgIpc) is 2.54. The lowest BCUT2D eigenvalue weighted by Gasteiger charge is -2.15. The fourth-order valence-corrected chi connectivity index (χ4v) is 2.86. The molecule has 0 spiro atoms. The third kappa shape index (κ3) is 4.81. The van der Waals surface area contributed by atoms with Crippen molar-refractivity contribution < 1.29 is 18.7 Å². The molecule has 25 heavy (non-hydrogen) atoms. The number of rotatable bonds is 5. The van der Waals surface area contributed by atoms with Gasteiger partial charge in [-0.25, -0.2) is 4.39 Å². The van der Waals surface area contributed by atoms with E-state index in [-0.39, 0.29) is 33.6 Å². The second-order valence-corrected chi connectivity index (χ2v) is 6.50. The topological polar surface area (TPSA) is 73.6 Å². The molecule has 0 fully saturated rings. The van der Waals surface area contributed by atoms with Gasteiger partial charge in [0.25, 0.3) is 5.91 Å². The van der Waals surface area contributed by atoms with Crippen LogP contribution in [0.4, 0.5) is 4.39 Å². The normalized spacial score (nSPS) is 10.2. The van der Waals surface area contributed by atoms with E-state index >= 15 is 0 Å². The second kappa shape index (κ2) is 8.46. The van der Waals surface area contributed by atoms with Gasteiger partial charge in [0.15, 0.2) is 16.6 Å². The maximum atomic E-state index is 13.8. The lowest BCUT2D eigenvalue weighted by atomic mass is 10.2. The molecule has 1 amide bonds. The van der Waals surface area contributed by atoms with Gasteiger partial charge in [-0.15, -0.1) is 0 Å². The number of nitrogens with two attached hydrogens (primary N) is 1. The van der Waals surface area contributed by atoms with Crippen molar-refractivity contribution in [3.63, 3.8) is 0 Å². The van der Waals surface area contributed by atoms with Gasteiger partial charge in [-0.3, -0.25) is 10.1 Å². The Morgan fingerprint density at radius 1 is 1.44 bits per heavy atom. The van der Waals surface area contributed by atoms with E-state index in [2.05, 4.69) is 33.5 Å². The summed E-state index contributed by atoms with van der Waals surface area (Å²) in [5.74, 6) is -0.395. The zero-order valence-corrected chi connectivity index (χ0v) is 16.1. The summed E-state index contributed by atoms with van der Waals surface area (Å²) in [6.07, 6.45) is 0. The second-order valence-electron chi connectivity index (χ2n) is 4.80. The molecule has 5 nitrogen and oxygen atoms in total. The molecule has 0 atom stereocenters. The maximum absolute atomic E-state index is 13.8. The number of halogens is 3. The van der Waals surface area contributed by atoms with Crippen molar-refractivity contribution in [3.8, 4) is 11.5 Å². The zero-order chi connectivity index (χ0) is 18.6. The number of amides is 1. The molecule has 0 radical (unpaired) electrons. The fourth-order valence-electron chi connectivity index (χ4n) is 1.99. The molecule has 2 rings (SSSR count). The van der Waals surface area contributed by atoms with Crippen LogP contribution in [0.15, 0.2) is 34.8 Å². The highest BCUT2D eigenvalue weighted by molar-refractivity contribution is 9.10. The van der Waals surface area contributed by atoms with Crippen LogP contribution < -0.4 is 20.5 Å². The number of carbonyl (C=O) groups is 1. The van der Waals surface area contributed by atoms with Crippen LogP contribution in [0.5, 0.6) is 11.5 Å². The summed E-state index contributed by atoms with van der Waals surface area (Å²) in [6, 6.07) is 7.33. The maximum Gasteiger partial charge on any atom is 0.257 e. The molecular formula is C16H13BrClFN2O3S. The van der Waals surface area contributed by atoms with E-state index in [4.69, 9.17) is 26.8 Å². The Bertz CT molecular complexity index is 815. The minimum Gasteiger partial charge on any atom is -0.493 e. The average molecular weight is 448 g/mol. The van der Waals surface area contributed by atoms with Crippen LogP contribution in [0.25, 0.3) is 0 Å². The number of benzene rings is 2. The molecule has 2 aromatic carbocycles. The van der Waals surface area contributed by atoms with Crippen molar-refractivity contribution in [1.29, 1.82) is 0 Å². The van der Waals surface area contributed by atoms with Crippen LogP contribution in [0.2, 0.25) is 5.02 Å².